The number of methoxy groups -OCH3 is 1. The number of benzene rings is 1. The average Bonchev–Trinajstić information content (AvgIpc) is 2.07. The summed E-state index contributed by atoms with van der Waals surface area (Å²) in [5.41, 5.74) is -0.187. The van der Waals surface area contributed by atoms with Crippen molar-refractivity contribution in [3.8, 4) is 5.75 Å². The summed E-state index contributed by atoms with van der Waals surface area (Å²) in [4.78, 5) is 0. The molecule has 0 aliphatic rings. The second-order valence-corrected chi connectivity index (χ2v) is 3.24. The third kappa shape index (κ3) is 2.21. The zero-order valence-electron chi connectivity index (χ0n) is 6.79. The summed E-state index contributed by atoms with van der Waals surface area (Å²) < 4.78 is 18.3. The van der Waals surface area contributed by atoms with E-state index in [-0.39, 0.29) is 5.46 Å². The molecule has 1 rings (SSSR count). The first-order chi connectivity index (χ1) is 6.06. The minimum absolute atomic E-state index is 0.187. The molecule has 13 heavy (non-hydrogen) atoms. The summed E-state index contributed by atoms with van der Waals surface area (Å²) in [6.45, 7) is 0. The van der Waals surface area contributed by atoms with Crippen LogP contribution in [-0.2, 0) is 0 Å². The monoisotopic (exact) mass is 248 g/mol. The van der Waals surface area contributed by atoms with Crippen molar-refractivity contribution in [3.05, 3.63) is 22.4 Å². The number of ether oxygens (including phenoxy) is 1. The van der Waals surface area contributed by atoms with E-state index in [1.165, 1.54) is 13.2 Å². The van der Waals surface area contributed by atoms with E-state index in [0.29, 0.717) is 10.2 Å². The van der Waals surface area contributed by atoms with Crippen LogP contribution in [0.2, 0.25) is 0 Å². The Labute approximate surface area is 83.4 Å². The van der Waals surface area contributed by atoms with Gasteiger partial charge < -0.3 is 14.8 Å². The van der Waals surface area contributed by atoms with Gasteiger partial charge in [0.15, 0.2) is 0 Å². The molecule has 0 fully saturated rings. The zero-order valence-corrected chi connectivity index (χ0v) is 8.38. The molecule has 0 aliphatic carbocycles. The fourth-order valence-electron chi connectivity index (χ4n) is 0.898. The summed E-state index contributed by atoms with van der Waals surface area (Å²) in [7, 11) is -0.420. The maximum absolute atomic E-state index is 13.0. The number of halogens is 2. The lowest BCUT2D eigenvalue weighted by molar-refractivity contribution is 0.407. The molecule has 3 nitrogen and oxygen atoms in total. The van der Waals surface area contributed by atoms with Gasteiger partial charge in [-0.15, -0.1) is 0 Å². The zero-order chi connectivity index (χ0) is 10.0. The lowest BCUT2D eigenvalue weighted by atomic mass is 9.80. The minimum Gasteiger partial charge on any atom is -0.495 e. The van der Waals surface area contributed by atoms with Crippen LogP contribution in [0.4, 0.5) is 4.39 Å². The fraction of sp³-hybridized carbons (Fsp3) is 0.143. The molecule has 0 radical (unpaired) electrons. The van der Waals surface area contributed by atoms with Crippen LogP contribution in [0.3, 0.4) is 0 Å². The van der Waals surface area contributed by atoms with Gasteiger partial charge in [0.05, 0.1) is 11.6 Å². The van der Waals surface area contributed by atoms with Crippen LogP contribution < -0.4 is 10.2 Å². The lowest BCUT2D eigenvalue weighted by Crippen LogP contribution is -2.32. The van der Waals surface area contributed by atoms with E-state index in [2.05, 4.69) is 15.9 Å². The number of hydrogen-bond acceptors (Lipinski definition) is 3. The Morgan fingerprint density at radius 1 is 1.46 bits per heavy atom. The van der Waals surface area contributed by atoms with Gasteiger partial charge in [-0.25, -0.2) is 4.39 Å². The summed E-state index contributed by atoms with van der Waals surface area (Å²) in [6, 6.07) is 2.34. The van der Waals surface area contributed by atoms with Crippen LogP contribution >= 0.6 is 15.9 Å². The molecule has 70 valence electrons. The molecule has 0 spiro atoms. The Hall–Kier alpha value is -0.585. The van der Waals surface area contributed by atoms with Crippen molar-refractivity contribution in [2.45, 2.75) is 0 Å². The van der Waals surface area contributed by atoms with Gasteiger partial charge in [0.25, 0.3) is 0 Å². The second kappa shape index (κ2) is 4.08. The molecule has 0 atom stereocenters. The second-order valence-electron chi connectivity index (χ2n) is 2.38. The highest BCUT2D eigenvalue weighted by Crippen LogP contribution is 2.23. The number of rotatable bonds is 2. The largest absolute Gasteiger partial charge is 0.495 e. The predicted octanol–water partition coefficient (Wildman–Crippen LogP) is 0.277. The summed E-state index contributed by atoms with van der Waals surface area (Å²) in [5, 5.41) is 17.5. The third-order valence-electron chi connectivity index (χ3n) is 1.55. The van der Waals surface area contributed by atoms with Crippen molar-refractivity contribution in [3.63, 3.8) is 0 Å². The summed E-state index contributed by atoms with van der Waals surface area (Å²) >= 11 is 3.10. The Morgan fingerprint density at radius 2 is 2.08 bits per heavy atom. The van der Waals surface area contributed by atoms with Gasteiger partial charge in [-0.3, -0.25) is 0 Å². The van der Waals surface area contributed by atoms with Gasteiger partial charge in [0, 0.05) is 11.5 Å². The molecule has 2 N–H and O–H groups in total. The van der Waals surface area contributed by atoms with Crippen molar-refractivity contribution < 1.29 is 19.2 Å². The molecule has 0 heterocycles. The fourth-order valence-corrected chi connectivity index (χ4v) is 1.42. The van der Waals surface area contributed by atoms with E-state index in [1.807, 2.05) is 0 Å². The van der Waals surface area contributed by atoms with E-state index in [1.54, 1.807) is 0 Å². The molecule has 0 unspecified atom stereocenters. The van der Waals surface area contributed by atoms with E-state index < -0.39 is 12.9 Å². The SMILES string of the molecule is COc1cc(F)c(B(O)O)cc1Br. The molecule has 0 aliphatic heterocycles. The predicted molar refractivity (Wildman–Crippen MR) is 50.5 cm³/mol. The lowest BCUT2D eigenvalue weighted by Gasteiger charge is -2.06. The van der Waals surface area contributed by atoms with E-state index in [9.17, 15) is 4.39 Å². The minimum atomic E-state index is -1.82. The molecule has 0 amide bonds. The smallest absolute Gasteiger partial charge is 0.491 e. The highest BCUT2D eigenvalue weighted by molar-refractivity contribution is 9.10. The standard InChI is InChI=1S/C7H7BBrFO3/c1-13-7-3-6(10)4(8(11)12)2-5(7)9/h2-3,11-12H,1H3. The van der Waals surface area contributed by atoms with E-state index >= 15 is 0 Å². The molecule has 1 aromatic carbocycles. The van der Waals surface area contributed by atoms with Crippen molar-refractivity contribution in [2.24, 2.45) is 0 Å². The molecule has 1 aromatic rings. The van der Waals surface area contributed by atoms with Crippen LogP contribution in [0.5, 0.6) is 5.75 Å². The first-order valence-corrected chi connectivity index (χ1v) is 4.24. The Bertz CT molecular complexity index is 319. The van der Waals surface area contributed by atoms with Gasteiger partial charge in [-0.2, -0.15) is 0 Å². The highest BCUT2D eigenvalue weighted by Gasteiger charge is 2.18. The van der Waals surface area contributed by atoms with Crippen LogP contribution in [-0.4, -0.2) is 24.3 Å². The summed E-state index contributed by atoms with van der Waals surface area (Å²) in [5.74, 6) is -0.406. The molecular weight excluding hydrogens is 242 g/mol. The van der Waals surface area contributed by atoms with Crippen LogP contribution in [0.1, 0.15) is 0 Å². The van der Waals surface area contributed by atoms with Crippen LogP contribution in [0.15, 0.2) is 16.6 Å². The first kappa shape index (κ1) is 10.5. The van der Waals surface area contributed by atoms with Gasteiger partial charge in [0.1, 0.15) is 11.6 Å². The number of hydrogen-bond donors (Lipinski definition) is 2. The third-order valence-corrected chi connectivity index (χ3v) is 2.17. The van der Waals surface area contributed by atoms with Crippen LogP contribution in [0, 0.1) is 5.82 Å². The quantitative estimate of drug-likeness (QED) is 0.740. The first-order valence-electron chi connectivity index (χ1n) is 3.45. The van der Waals surface area contributed by atoms with Crippen molar-refractivity contribution >= 4 is 28.5 Å². The normalized spacial score (nSPS) is 9.92. The molecule has 0 bridgehead atoms. The van der Waals surface area contributed by atoms with Crippen molar-refractivity contribution in [2.75, 3.05) is 7.11 Å². The van der Waals surface area contributed by atoms with E-state index in [4.69, 9.17) is 14.8 Å². The Balaban J connectivity index is 3.20. The molecule has 6 heteroatoms. The van der Waals surface area contributed by atoms with Gasteiger partial charge in [-0.05, 0) is 22.0 Å². The molecular formula is C7H7BBrFO3. The highest BCUT2D eigenvalue weighted by atomic mass is 79.9. The van der Waals surface area contributed by atoms with Gasteiger partial charge >= 0.3 is 7.12 Å². The average molecular weight is 249 g/mol. The van der Waals surface area contributed by atoms with Crippen molar-refractivity contribution in [1.29, 1.82) is 0 Å². The molecule has 0 saturated carbocycles. The van der Waals surface area contributed by atoms with Crippen molar-refractivity contribution in [1.82, 2.24) is 0 Å². The van der Waals surface area contributed by atoms with Gasteiger partial charge in [-0.1, -0.05) is 0 Å². The maximum atomic E-state index is 13.0. The summed E-state index contributed by atoms with van der Waals surface area (Å²) in [6.07, 6.45) is 0. The Kier molecular flexibility index (Phi) is 3.30. The molecule has 0 saturated heterocycles. The van der Waals surface area contributed by atoms with Gasteiger partial charge in [0.2, 0.25) is 0 Å². The van der Waals surface area contributed by atoms with Crippen LogP contribution in [0.25, 0.3) is 0 Å². The Morgan fingerprint density at radius 3 is 2.54 bits per heavy atom. The maximum Gasteiger partial charge on any atom is 0.491 e. The van der Waals surface area contributed by atoms with E-state index in [0.717, 1.165) is 6.07 Å². The topological polar surface area (TPSA) is 49.7 Å². The molecule has 0 aromatic heterocycles.